The fraction of sp³-hybridized carbons (Fsp3) is 0.647. The Morgan fingerprint density at radius 1 is 1.11 bits per heavy atom. The van der Waals surface area contributed by atoms with Crippen molar-refractivity contribution in [2.45, 2.75) is 53.5 Å². The first-order valence-corrected chi connectivity index (χ1v) is 7.51. The molecule has 0 aliphatic carbocycles. The highest BCUT2D eigenvalue weighted by Crippen LogP contribution is 2.36. The molecule has 2 heteroatoms. The Bertz CT molecular complexity index is 356. The number of nitrogens with one attached hydrogen (secondary N) is 1. The predicted molar refractivity (Wildman–Crippen MR) is 82.7 cm³/mol. The van der Waals surface area contributed by atoms with Gasteiger partial charge in [-0.1, -0.05) is 46.8 Å². The SMILES string of the molecule is CCCOc1ccc(C(NCC)C(C)(C)CC)cc1. The van der Waals surface area contributed by atoms with Crippen LogP contribution in [0.15, 0.2) is 24.3 Å². The fourth-order valence-electron chi connectivity index (χ4n) is 2.23. The minimum absolute atomic E-state index is 0.252. The molecule has 1 N–H and O–H groups in total. The van der Waals surface area contributed by atoms with Crippen LogP contribution < -0.4 is 10.1 Å². The lowest BCUT2D eigenvalue weighted by atomic mass is 9.78. The smallest absolute Gasteiger partial charge is 0.119 e. The highest BCUT2D eigenvalue weighted by molar-refractivity contribution is 5.30. The minimum Gasteiger partial charge on any atom is -0.494 e. The fourth-order valence-corrected chi connectivity index (χ4v) is 2.23. The maximum Gasteiger partial charge on any atom is 0.119 e. The quantitative estimate of drug-likeness (QED) is 0.742. The van der Waals surface area contributed by atoms with E-state index in [2.05, 4.69) is 64.2 Å². The lowest BCUT2D eigenvalue weighted by Gasteiger charge is -2.34. The highest BCUT2D eigenvalue weighted by Gasteiger charge is 2.28. The monoisotopic (exact) mass is 263 g/mol. The zero-order valence-electron chi connectivity index (χ0n) is 13.1. The van der Waals surface area contributed by atoms with Gasteiger partial charge in [-0.25, -0.2) is 0 Å². The van der Waals surface area contributed by atoms with Crippen LogP contribution in [0.2, 0.25) is 0 Å². The number of ether oxygens (including phenoxy) is 1. The van der Waals surface area contributed by atoms with Crippen molar-refractivity contribution < 1.29 is 4.74 Å². The predicted octanol–water partition coefficient (Wildman–Crippen LogP) is 4.56. The number of hydrogen-bond donors (Lipinski definition) is 1. The van der Waals surface area contributed by atoms with Crippen LogP contribution in [0.1, 0.15) is 59.1 Å². The Morgan fingerprint density at radius 2 is 1.74 bits per heavy atom. The van der Waals surface area contributed by atoms with Crippen molar-refractivity contribution in [2.24, 2.45) is 5.41 Å². The second-order valence-corrected chi connectivity index (χ2v) is 5.75. The molecule has 2 nitrogen and oxygen atoms in total. The third kappa shape index (κ3) is 4.54. The molecular formula is C17H29NO. The molecule has 108 valence electrons. The van der Waals surface area contributed by atoms with E-state index in [0.29, 0.717) is 6.04 Å². The average molecular weight is 263 g/mol. The van der Waals surface area contributed by atoms with E-state index in [1.54, 1.807) is 0 Å². The molecule has 1 aromatic rings. The Kier molecular flexibility index (Phi) is 6.36. The van der Waals surface area contributed by atoms with E-state index in [-0.39, 0.29) is 5.41 Å². The maximum absolute atomic E-state index is 5.64. The van der Waals surface area contributed by atoms with Crippen LogP contribution in [0.25, 0.3) is 0 Å². The zero-order chi connectivity index (χ0) is 14.3. The normalized spacial score (nSPS) is 13.3. The van der Waals surface area contributed by atoms with E-state index in [4.69, 9.17) is 4.74 Å². The molecule has 1 atom stereocenters. The summed E-state index contributed by atoms with van der Waals surface area (Å²) in [6.07, 6.45) is 2.20. The van der Waals surface area contributed by atoms with E-state index in [1.807, 2.05) is 0 Å². The molecule has 0 saturated carbocycles. The third-order valence-corrected chi connectivity index (χ3v) is 3.79. The Labute approximate surface area is 118 Å². The first-order chi connectivity index (χ1) is 9.05. The standard InChI is InChI=1S/C17H29NO/c1-6-13-19-15-11-9-14(10-12-15)16(18-8-3)17(4,5)7-2/h9-12,16,18H,6-8,13H2,1-5H3. The van der Waals surface area contributed by atoms with Gasteiger partial charge >= 0.3 is 0 Å². The van der Waals surface area contributed by atoms with Gasteiger partial charge in [-0.3, -0.25) is 0 Å². The summed E-state index contributed by atoms with van der Waals surface area (Å²) >= 11 is 0. The van der Waals surface area contributed by atoms with Crippen molar-refractivity contribution in [2.75, 3.05) is 13.2 Å². The van der Waals surface area contributed by atoms with Gasteiger partial charge in [-0.15, -0.1) is 0 Å². The molecule has 0 saturated heterocycles. The van der Waals surface area contributed by atoms with Gasteiger partial charge in [0.05, 0.1) is 6.61 Å². The summed E-state index contributed by atoms with van der Waals surface area (Å²) in [5.74, 6) is 0.968. The second-order valence-electron chi connectivity index (χ2n) is 5.75. The molecule has 0 fully saturated rings. The highest BCUT2D eigenvalue weighted by atomic mass is 16.5. The zero-order valence-corrected chi connectivity index (χ0v) is 13.1. The van der Waals surface area contributed by atoms with Gasteiger partial charge in [-0.2, -0.15) is 0 Å². The molecule has 0 spiro atoms. The van der Waals surface area contributed by atoms with Crippen molar-refractivity contribution in [1.29, 1.82) is 0 Å². The lowest BCUT2D eigenvalue weighted by molar-refractivity contribution is 0.237. The molecule has 1 unspecified atom stereocenters. The molecule has 0 aromatic heterocycles. The molecule has 0 bridgehead atoms. The first kappa shape index (κ1) is 16.0. The van der Waals surface area contributed by atoms with Crippen LogP contribution >= 0.6 is 0 Å². The third-order valence-electron chi connectivity index (χ3n) is 3.79. The van der Waals surface area contributed by atoms with Gasteiger partial charge in [0.15, 0.2) is 0 Å². The molecule has 19 heavy (non-hydrogen) atoms. The Balaban J connectivity index is 2.85. The van der Waals surface area contributed by atoms with Crippen LogP contribution in [-0.2, 0) is 0 Å². The van der Waals surface area contributed by atoms with Gasteiger partial charge in [0, 0.05) is 6.04 Å². The Hall–Kier alpha value is -1.02. The van der Waals surface area contributed by atoms with E-state index < -0.39 is 0 Å². The molecule has 1 aromatic carbocycles. The summed E-state index contributed by atoms with van der Waals surface area (Å²) in [6.45, 7) is 13.0. The second kappa shape index (κ2) is 7.54. The summed E-state index contributed by atoms with van der Waals surface area (Å²) in [5, 5.41) is 3.61. The van der Waals surface area contributed by atoms with E-state index in [1.165, 1.54) is 5.56 Å². The van der Waals surface area contributed by atoms with Crippen LogP contribution in [0.4, 0.5) is 0 Å². The van der Waals surface area contributed by atoms with E-state index in [0.717, 1.165) is 31.7 Å². The van der Waals surface area contributed by atoms with Gasteiger partial charge < -0.3 is 10.1 Å². The average Bonchev–Trinajstić information content (AvgIpc) is 2.43. The van der Waals surface area contributed by atoms with Crippen LogP contribution in [-0.4, -0.2) is 13.2 Å². The van der Waals surface area contributed by atoms with Crippen molar-refractivity contribution in [3.8, 4) is 5.75 Å². The lowest BCUT2D eigenvalue weighted by Crippen LogP contribution is -2.33. The van der Waals surface area contributed by atoms with E-state index in [9.17, 15) is 0 Å². The van der Waals surface area contributed by atoms with Crippen molar-refractivity contribution in [3.63, 3.8) is 0 Å². The summed E-state index contributed by atoms with van der Waals surface area (Å²) in [6, 6.07) is 8.94. The van der Waals surface area contributed by atoms with Crippen LogP contribution in [0.5, 0.6) is 5.75 Å². The van der Waals surface area contributed by atoms with Crippen molar-refractivity contribution in [3.05, 3.63) is 29.8 Å². The van der Waals surface area contributed by atoms with Gasteiger partial charge in [0.25, 0.3) is 0 Å². The largest absolute Gasteiger partial charge is 0.494 e. The first-order valence-electron chi connectivity index (χ1n) is 7.51. The molecular weight excluding hydrogens is 234 g/mol. The number of rotatable bonds is 8. The van der Waals surface area contributed by atoms with Gasteiger partial charge in [-0.05, 0) is 42.5 Å². The van der Waals surface area contributed by atoms with Crippen molar-refractivity contribution in [1.82, 2.24) is 5.32 Å². The molecule has 0 amide bonds. The van der Waals surface area contributed by atoms with Crippen molar-refractivity contribution >= 4 is 0 Å². The molecule has 1 rings (SSSR count). The molecule has 0 radical (unpaired) electrons. The summed E-state index contributed by atoms with van der Waals surface area (Å²) in [4.78, 5) is 0. The molecule has 0 aliphatic rings. The van der Waals surface area contributed by atoms with E-state index >= 15 is 0 Å². The van der Waals surface area contributed by atoms with Gasteiger partial charge in [0.1, 0.15) is 5.75 Å². The summed E-state index contributed by atoms with van der Waals surface area (Å²) < 4.78 is 5.64. The van der Waals surface area contributed by atoms with Crippen LogP contribution in [0.3, 0.4) is 0 Å². The van der Waals surface area contributed by atoms with Gasteiger partial charge in [0.2, 0.25) is 0 Å². The summed E-state index contributed by atoms with van der Waals surface area (Å²) in [7, 11) is 0. The number of benzene rings is 1. The topological polar surface area (TPSA) is 21.3 Å². The molecule has 0 aliphatic heterocycles. The maximum atomic E-state index is 5.64. The Morgan fingerprint density at radius 3 is 2.21 bits per heavy atom. The molecule has 0 heterocycles. The minimum atomic E-state index is 0.252. The summed E-state index contributed by atoms with van der Waals surface area (Å²) in [5.41, 5.74) is 1.60. The van der Waals surface area contributed by atoms with Crippen LogP contribution in [0, 0.1) is 5.41 Å². The number of hydrogen-bond acceptors (Lipinski definition) is 2.